The molecule has 0 saturated carbocycles. The fourth-order valence-corrected chi connectivity index (χ4v) is 2.88. The summed E-state index contributed by atoms with van der Waals surface area (Å²) in [5.41, 5.74) is 0. The normalized spacial score (nSPS) is 17.4. The van der Waals surface area contributed by atoms with Crippen LogP contribution in [0, 0.1) is 6.92 Å². The van der Waals surface area contributed by atoms with E-state index in [4.69, 9.17) is 0 Å². The van der Waals surface area contributed by atoms with E-state index in [0.717, 1.165) is 37.5 Å². The molecule has 1 saturated heterocycles. The highest BCUT2D eigenvalue weighted by Crippen LogP contribution is 2.14. The third-order valence-corrected chi connectivity index (χ3v) is 4.09. The highest BCUT2D eigenvalue weighted by atomic mass is 32.1. The van der Waals surface area contributed by atoms with Gasteiger partial charge in [0.1, 0.15) is 0 Å². The number of hydrogen-bond donors (Lipinski definition) is 1. The van der Waals surface area contributed by atoms with E-state index in [-0.39, 0.29) is 5.91 Å². The number of carbonyl (C=O) groups is 1. The van der Waals surface area contributed by atoms with E-state index in [1.54, 1.807) is 18.3 Å². The molecule has 1 N–H and O–H groups in total. The van der Waals surface area contributed by atoms with Crippen LogP contribution in [0.2, 0.25) is 0 Å². The van der Waals surface area contributed by atoms with Crippen LogP contribution >= 0.6 is 11.3 Å². The highest BCUT2D eigenvalue weighted by molar-refractivity contribution is 7.11. The number of nitrogens with zero attached hydrogens (tertiary/aromatic N) is 2. The first-order valence-corrected chi connectivity index (χ1v) is 6.87. The average molecular weight is 253 g/mol. The van der Waals surface area contributed by atoms with Crippen LogP contribution in [-0.4, -0.2) is 34.9 Å². The zero-order valence-electron chi connectivity index (χ0n) is 10.4. The van der Waals surface area contributed by atoms with Gasteiger partial charge in [0.2, 0.25) is 5.91 Å². The number of carbonyl (C=O) groups excluding carboxylic acids is 1. The van der Waals surface area contributed by atoms with E-state index >= 15 is 0 Å². The van der Waals surface area contributed by atoms with Crippen molar-refractivity contribution < 1.29 is 4.79 Å². The summed E-state index contributed by atoms with van der Waals surface area (Å²) >= 11 is 1.74. The summed E-state index contributed by atoms with van der Waals surface area (Å²) in [4.78, 5) is 18.6. The molecule has 0 radical (unpaired) electrons. The fraction of sp³-hybridized carbons (Fsp3) is 0.667. The Bertz CT molecular complexity index is 383. The van der Waals surface area contributed by atoms with Gasteiger partial charge >= 0.3 is 0 Å². The predicted molar refractivity (Wildman–Crippen MR) is 69.0 cm³/mol. The molecule has 1 aliphatic heterocycles. The number of rotatable bonds is 3. The Labute approximate surface area is 106 Å². The quantitative estimate of drug-likeness (QED) is 0.889. The van der Waals surface area contributed by atoms with Crippen molar-refractivity contribution in [1.29, 1.82) is 0 Å². The van der Waals surface area contributed by atoms with Gasteiger partial charge in [0.25, 0.3) is 0 Å². The molecule has 5 heteroatoms. The molecule has 0 atom stereocenters. The van der Waals surface area contributed by atoms with E-state index in [0.29, 0.717) is 6.04 Å². The molecule has 1 aromatic rings. The van der Waals surface area contributed by atoms with Crippen molar-refractivity contribution in [2.24, 2.45) is 0 Å². The van der Waals surface area contributed by atoms with Gasteiger partial charge in [0.15, 0.2) is 0 Å². The number of aromatic nitrogens is 1. The summed E-state index contributed by atoms with van der Waals surface area (Å²) in [5.74, 6) is 0.196. The second-order valence-corrected chi connectivity index (χ2v) is 5.83. The van der Waals surface area contributed by atoms with Crippen molar-refractivity contribution in [3.8, 4) is 0 Å². The molecule has 2 heterocycles. The average Bonchev–Trinajstić information content (AvgIpc) is 2.73. The van der Waals surface area contributed by atoms with Crippen LogP contribution in [0.1, 0.15) is 29.7 Å². The zero-order chi connectivity index (χ0) is 12.3. The number of piperidine rings is 1. The fourth-order valence-electron chi connectivity index (χ4n) is 2.13. The predicted octanol–water partition coefficient (Wildman–Crippen LogP) is 1.55. The van der Waals surface area contributed by atoms with Gasteiger partial charge in [-0.3, -0.25) is 4.79 Å². The lowest BCUT2D eigenvalue weighted by Gasteiger charge is -2.31. The van der Waals surface area contributed by atoms with E-state index in [2.05, 4.69) is 10.3 Å². The van der Waals surface area contributed by atoms with Gasteiger partial charge in [-0.15, -0.1) is 11.3 Å². The van der Waals surface area contributed by atoms with Crippen molar-refractivity contribution in [3.05, 3.63) is 16.1 Å². The molecule has 0 aromatic carbocycles. The third kappa shape index (κ3) is 3.51. The molecule has 1 fully saturated rings. The summed E-state index contributed by atoms with van der Waals surface area (Å²) in [5, 5.41) is 4.66. The van der Waals surface area contributed by atoms with Gasteiger partial charge < -0.3 is 10.2 Å². The highest BCUT2D eigenvalue weighted by Gasteiger charge is 2.20. The Hall–Kier alpha value is -0.940. The summed E-state index contributed by atoms with van der Waals surface area (Å²) in [6.45, 7) is 6.34. The lowest BCUT2D eigenvalue weighted by atomic mass is 10.1. The topological polar surface area (TPSA) is 45.2 Å². The number of amides is 1. The van der Waals surface area contributed by atoms with Crippen LogP contribution in [0.3, 0.4) is 0 Å². The number of nitrogens with one attached hydrogen (secondary N) is 1. The molecule has 0 unspecified atom stereocenters. The monoisotopic (exact) mass is 253 g/mol. The van der Waals surface area contributed by atoms with Gasteiger partial charge in [-0.1, -0.05) is 0 Å². The number of thiazole rings is 1. The minimum absolute atomic E-state index is 0.196. The van der Waals surface area contributed by atoms with Crippen LogP contribution in [0.25, 0.3) is 0 Å². The summed E-state index contributed by atoms with van der Waals surface area (Å²) < 4.78 is 0. The second-order valence-electron chi connectivity index (χ2n) is 4.51. The van der Waals surface area contributed by atoms with Crippen molar-refractivity contribution >= 4 is 17.2 Å². The second kappa shape index (κ2) is 5.60. The minimum Gasteiger partial charge on any atom is -0.343 e. The van der Waals surface area contributed by atoms with Gasteiger partial charge in [0.05, 0.1) is 5.01 Å². The molecule has 0 bridgehead atoms. The lowest BCUT2D eigenvalue weighted by Crippen LogP contribution is -2.43. The maximum atomic E-state index is 11.2. The number of aryl methyl sites for hydroxylation is 1. The number of hydrogen-bond acceptors (Lipinski definition) is 4. The van der Waals surface area contributed by atoms with Crippen molar-refractivity contribution in [2.45, 2.75) is 39.3 Å². The zero-order valence-corrected chi connectivity index (χ0v) is 11.2. The minimum atomic E-state index is 0.196. The van der Waals surface area contributed by atoms with Gasteiger partial charge in [0, 0.05) is 43.7 Å². The number of likely N-dealkylation sites (tertiary alicyclic amines) is 1. The van der Waals surface area contributed by atoms with Crippen molar-refractivity contribution in [2.75, 3.05) is 13.1 Å². The molecule has 0 spiro atoms. The van der Waals surface area contributed by atoms with E-state index in [9.17, 15) is 4.79 Å². The first-order valence-electron chi connectivity index (χ1n) is 6.05. The van der Waals surface area contributed by atoms with Crippen LogP contribution < -0.4 is 5.32 Å². The molecule has 0 aliphatic carbocycles. The van der Waals surface area contributed by atoms with Crippen molar-refractivity contribution in [1.82, 2.24) is 15.2 Å². The summed E-state index contributed by atoms with van der Waals surface area (Å²) in [7, 11) is 0. The van der Waals surface area contributed by atoms with Gasteiger partial charge in [-0.05, 0) is 19.8 Å². The molecule has 4 nitrogen and oxygen atoms in total. The van der Waals surface area contributed by atoms with Crippen LogP contribution in [-0.2, 0) is 11.3 Å². The summed E-state index contributed by atoms with van der Waals surface area (Å²) in [6, 6.07) is 0.535. The Kier molecular flexibility index (Phi) is 4.12. The first-order chi connectivity index (χ1) is 8.15. The Morgan fingerprint density at radius 1 is 1.59 bits per heavy atom. The first kappa shape index (κ1) is 12.5. The lowest BCUT2D eigenvalue weighted by molar-refractivity contribution is -0.129. The molecule has 94 valence electrons. The maximum Gasteiger partial charge on any atom is 0.219 e. The molecule has 2 rings (SSSR count). The Morgan fingerprint density at radius 3 is 2.82 bits per heavy atom. The SMILES string of the molecule is CC(=O)N1CCC(NCc2cnc(C)s2)CC1. The van der Waals surface area contributed by atoms with Crippen LogP contribution in [0.4, 0.5) is 0 Å². The van der Waals surface area contributed by atoms with E-state index in [1.807, 2.05) is 18.0 Å². The standard InChI is InChI=1S/C12H19N3OS/c1-9-13-7-12(17-9)8-14-11-3-5-15(6-4-11)10(2)16/h7,11,14H,3-6,8H2,1-2H3. The van der Waals surface area contributed by atoms with Gasteiger partial charge in [-0.25, -0.2) is 4.98 Å². The largest absolute Gasteiger partial charge is 0.343 e. The van der Waals surface area contributed by atoms with E-state index < -0.39 is 0 Å². The Morgan fingerprint density at radius 2 is 2.29 bits per heavy atom. The Balaban J connectivity index is 1.73. The third-order valence-electron chi connectivity index (χ3n) is 3.17. The van der Waals surface area contributed by atoms with Crippen LogP contribution in [0.5, 0.6) is 0 Å². The molecule has 1 aliphatic rings. The smallest absolute Gasteiger partial charge is 0.219 e. The summed E-state index contributed by atoms with van der Waals surface area (Å²) in [6.07, 6.45) is 4.05. The maximum absolute atomic E-state index is 11.2. The van der Waals surface area contributed by atoms with Crippen LogP contribution in [0.15, 0.2) is 6.20 Å². The van der Waals surface area contributed by atoms with E-state index in [1.165, 1.54) is 4.88 Å². The van der Waals surface area contributed by atoms with Gasteiger partial charge in [-0.2, -0.15) is 0 Å². The molecule has 1 amide bonds. The molecule has 1 aromatic heterocycles. The molecular weight excluding hydrogens is 234 g/mol. The van der Waals surface area contributed by atoms with Crippen molar-refractivity contribution in [3.63, 3.8) is 0 Å². The molecular formula is C12H19N3OS. The molecule has 17 heavy (non-hydrogen) atoms.